The topological polar surface area (TPSA) is 122 Å². The van der Waals surface area contributed by atoms with Gasteiger partial charge in [0.25, 0.3) is 5.56 Å². The maximum absolute atomic E-state index is 14.8. The molecule has 0 saturated carbocycles. The summed E-state index contributed by atoms with van der Waals surface area (Å²) in [7, 11) is 0. The molecule has 12 heteroatoms. The number of nitrogens with one attached hydrogen (secondary N) is 2. The fraction of sp³-hybridized carbons (Fsp3) is 0.250. The Morgan fingerprint density at radius 2 is 2.19 bits per heavy atom. The van der Waals surface area contributed by atoms with Gasteiger partial charge in [-0.15, -0.1) is 0 Å². The zero-order valence-electron chi connectivity index (χ0n) is 16.9. The van der Waals surface area contributed by atoms with Gasteiger partial charge in [-0.2, -0.15) is 0 Å². The monoisotopic (exact) mass is 458 g/mol. The minimum Gasteiger partial charge on any atom is -0.442 e. The molecule has 4 rings (SSSR count). The number of aromatic nitrogens is 4. The van der Waals surface area contributed by atoms with Crippen LogP contribution in [0.2, 0.25) is 0 Å². The van der Waals surface area contributed by atoms with Crippen LogP contribution in [0, 0.1) is 5.82 Å². The normalized spacial score (nSPS) is 15.6. The van der Waals surface area contributed by atoms with Crippen molar-refractivity contribution in [1.82, 2.24) is 24.8 Å². The van der Waals surface area contributed by atoms with Crippen LogP contribution in [0.5, 0.6) is 0 Å². The first-order valence-corrected chi connectivity index (χ1v) is 10.6. The Morgan fingerprint density at radius 1 is 1.34 bits per heavy atom. The van der Waals surface area contributed by atoms with Gasteiger partial charge in [-0.25, -0.2) is 19.2 Å². The summed E-state index contributed by atoms with van der Waals surface area (Å²) in [6.07, 6.45) is 3.50. The zero-order valence-corrected chi connectivity index (χ0v) is 17.8. The fourth-order valence-corrected chi connectivity index (χ4v) is 3.85. The molecule has 2 aromatic heterocycles. The first kappa shape index (κ1) is 21.6. The number of cyclic esters (lactones) is 1. The molecule has 1 aromatic carbocycles. The number of H-pyrrole nitrogens is 1. The fourth-order valence-electron chi connectivity index (χ4n) is 3.11. The van der Waals surface area contributed by atoms with E-state index in [1.54, 1.807) is 18.3 Å². The highest BCUT2D eigenvalue weighted by Gasteiger charge is 2.32. The van der Waals surface area contributed by atoms with E-state index in [1.165, 1.54) is 52.8 Å². The van der Waals surface area contributed by atoms with Gasteiger partial charge < -0.3 is 19.6 Å². The number of ether oxygens (including phenoxy) is 1. The maximum atomic E-state index is 14.8. The van der Waals surface area contributed by atoms with Crippen LogP contribution in [-0.2, 0) is 15.3 Å². The van der Waals surface area contributed by atoms with Crippen molar-refractivity contribution in [2.75, 3.05) is 18.0 Å². The van der Waals surface area contributed by atoms with Crippen LogP contribution in [0.1, 0.15) is 12.6 Å². The maximum Gasteiger partial charge on any atom is 0.414 e. The Hall–Kier alpha value is -3.67. The number of hydrogen-bond donors (Lipinski definition) is 2. The van der Waals surface area contributed by atoms with Crippen LogP contribution in [-0.4, -0.2) is 50.7 Å². The molecule has 32 heavy (non-hydrogen) atoms. The summed E-state index contributed by atoms with van der Waals surface area (Å²) in [5, 5.41) is 3.07. The molecule has 0 radical (unpaired) electrons. The van der Waals surface area contributed by atoms with Gasteiger partial charge in [-0.05, 0) is 18.2 Å². The number of thioether (sulfide) groups is 1. The summed E-state index contributed by atoms with van der Waals surface area (Å²) in [4.78, 5) is 46.8. The van der Waals surface area contributed by atoms with Crippen molar-refractivity contribution in [3.05, 3.63) is 64.9 Å². The molecule has 1 aliphatic rings. The molecule has 1 unspecified atom stereocenters. The van der Waals surface area contributed by atoms with Gasteiger partial charge in [0.2, 0.25) is 5.91 Å². The summed E-state index contributed by atoms with van der Waals surface area (Å²) in [6, 6.07) is 5.75. The quantitative estimate of drug-likeness (QED) is 0.409. The van der Waals surface area contributed by atoms with E-state index >= 15 is 0 Å². The Kier molecular flexibility index (Phi) is 6.21. The number of carbonyl (C=O) groups excluding carboxylic acids is 2. The van der Waals surface area contributed by atoms with Gasteiger partial charge in [0.05, 0.1) is 36.5 Å². The summed E-state index contributed by atoms with van der Waals surface area (Å²) in [5.74, 6) is -0.317. The Labute approximate surface area is 185 Å². The van der Waals surface area contributed by atoms with Gasteiger partial charge in [-0.3, -0.25) is 14.5 Å². The molecule has 0 spiro atoms. The van der Waals surface area contributed by atoms with Gasteiger partial charge in [0.1, 0.15) is 11.9 Å². The molecule has 0 bridgehead atoms. The first-order valence-electron chi connectivity index (χ1n) is 9.62. The highest BCUT2D eigenvalue weighted by Crippen LogP contribution is 2.26. The number of halogens is 1. The molecule has 1 fully saturated rings. The van der Waals surface area contributed by atoms with Gasteiger partial charge in [0, 0.05) is 31.1 Å². The van der Waals surface area contributed by atoms with E-state index in [9.17, 15) is 18.8 Å². The molecular weight excluding hydrogens is 439 g/mol. The van der Waals surface area contributed by atoms with E-state index in [0.29, 0.717) is 22.3 Å². The largest absolute Gasteiger partial charge is 0.442 e. The second-order valence-electron chi connectivity index (χ2n) is 6.99. The minimum absolute atomic E-state index is 0.195. The molecule has 166 valence electrons. The summed E-state index contributed by atoms with van der Waals surface area (Å²) in [5.41, 5.74) is 1.06. The van der Waals surface area contributed by atoms with Crippen molar-refractivity contribution < 1.29 is 18.7 Å². The number of carbonyl (C=O) groups is 2. The predicted octanol–water partition coefficient (Wildman–Crippen LogP) is 1.85. The number of benzene rings is 1. The SMILES string of the molecule is CC(=O)NCC1CN(c2ccc(-n3cnc(CSc4nccc(=O)[nH]4)c3)c(F)c2)C(=O)O1. The Morgan fingerprint density at radius 3 is 2.94 bits per heavy atom. The smallest absolute Gasteiger partial charge is 0.414 e. The lowest BCUT2D eigenvalue weighted by Gasteiger charge is -2.14. The van der Waals surface area contributed by atoms with Crippen LogP contribution in [0.15, 0.2) is 52.9 Å². The van der Waals surface area contributed by atoms with Crippen LogP contribution in [0.4, 0.5) is 14.9 Å². The number of hydrogen-bond acceptors (Lipinski definition) is 7. The molecule has 2 N–H and O–H groups in total. The Balaban J connectivity index is 1.43. The third-order valence-corrected chi connectivity index (χ3v) is 5.54. The lowest BCUT2D eigenvalue weighted by molar-refractivity contribution is -0.119. The van der Waals surface area contributed by atoms with Crippen LogP contribution < -0.4 is 15.8 Å². The standard InChI is InChI=1S/C20H19FN6O4S/c1-12(28)23-7-15-9-27(20(30)31-15)14-2-3-17(16(21)6-14)26-8-13(24-11-26)10-32-19-22-5-4-18(29)25-19/h2-6,8,11,15H,7,9-10H2,1H3,(H,23,28)(H,22,25,29). The zero-order chi connectivity index (χ0) is 22.7. The van der Waals surface area contributed by atoms with Crippen molar-refractivity contribution in [3.8, 4) is 5.69 Å². The van der Waals surface area contributed by atoms with E-state index < -0.39 is 18.0 Å². The number of amides is 2. The number of nitrogens with zero attached hydrogens (tertiary/aromatic N) is 4. The molecule has 1 atom stereocenters. The van der Waals surface area contributed by atoms with E-state index in [-0.39, 0.29) is 30.2 Å². The van der Waals surface area contributed by atoms with Crippen molar-refractivity contribution >= 4 is 29.4 Å². The second kappa shape index (κ2) is 9.22. The lowest BCUT2D eigenvalue weighted by Crippen LogP contribution is -2.33. The van der Waals surface area contributed by atoms with E-state index in [1.807, 2.05) is 0 Å². The molecule has 10 nitrogen and oxygen atoms in total. The third kappa shape index (κ3) is 4.97. The highest BCUT2D eigenvalue weighted by atomic mass is 32.2. The highest BCUT2D eigenvalue weighted by molar-refractivity contribution is 7.98. The van der Waals surface area contributed by atoms with E-state index in [4.69, 9.17) is 4.74 Å². The third-order valence-electron chi connectivity index (χ3n) is 4.61. The van der Waals surface area contributed by atoms with Crippen molar-refractivity contribution in [2.24, 2.45) is 0 Å². The van der Waals surface area contributed by atoms with E-state index in [2.05, 4.69) is 20.3 Å². The molecular formula is C20H19FN6O4S. The molecule has 3 heterocycles. The van der Waals surface area contributed by atoms with Crippen molar-refractivity contribution in [2.45, 2.75) is 23.9 Å². The number of aromatic amines is 1. The van der Waals surface area contributed by atoms with Gasteiger partial charge in [0.15, 0.2) is 5.16 Å². The minimum atomic E-state index is -0.595. The number of anilines is 1. The molecule has 0 aliphatic carbocycles. The molecule has 1 aliphatic heterocycles. The second-order valence-corrected chi connectivity index (χ2v) is 7.95. The lowest BCUT2D eigenvalue weighted by atomic mass is 10.2. The van der Waals surface area contributed by atoms with Gasteiger partial charge in [-0.1, -0.05) is 11.8 Å². The van der Waals surface area contributed by atoms with Gasteiger partial charge >= 0.3 is 6.09 Å². The number of imidazole rings is 1. The van der Waals surface area contributed by atoms with E-state index in [0.717, 1.165) is 0 Å². The predicted molar refractivity (Wildman–Crippen MR) is 114 cm³/mol. The van der Waals surface area contributed by atoms with Crippen molar-refractivity contribution in [3.63, 3.8) is 0 Å². The van der Waals surface area contributed by atoms with Crippen LogP contribution in [0.3, 0.4) is 0 Å². The summed E-state index contributed by atoms with van der Waals surface area (Å²) < 4.78 is 21.6. The molecule has 1 saturated heterocycles. The molecule has 2 amide bonds. The summed E-state index contributed by atoms with van der Waals surface area (Å²) >= 11 is 1.31. The average molecular weight is 458 g/mol. The Bertz CT molecular complexity index is 1210. The average Bonchev–Trinajstić information content (AvgIpc) is 3.37. The molecule has 3 aromatic rings. The van der Waals surface area contributed by atoms with Crippen molar-refractivity contribution in [1.29, 1.82) is 0 Å². The number of rotatable bonds is 7. The summed E-state index contributed by atoms with van der Waals surface area (Å²) in [6.45, 7) is 1.78. The van der Waals surface area contributed by atoms with Crippen LogP contribution >= 0.6 is 11.8 Å². The first-order chi connectivity index (χ1) is 15.4. The van der Waals surface area contributed by atoms with Crippen LogP contribution in [0.25, 0.3) is 5.69 Å².